The Kier molecular flexibility index (Phi) is 8.48. The van der Waals surface area contributed by atoms with E-state index >= 15 is 0 Å². The summed E-state index contributed by atoms with van der Waals surface area (Å²) in [7, 11) is -2.76. The molecule has 10 heteroatoms. The molecule has 0 aromatic heterocycles. The molecule has 0 radical (unpaired) electrons. The largest absolute Gasteiger partial charge is 0.357 e. The number of nitrogens with zero attached hydrogens (tertiary/aromatic N) is 2. The van der Waals surface area contributed by atoms with Crippen LogP contribution in [0.4, 0.5) is 10.1 Å². The average Bonchev–Trinajstić information content (AvgIpc) is 2.86. The lowest BCUT2D eigenvalue weighted by atomic mass is 10.1. The van der Waals surface area contributed by atoms with Crippen LogP contribution < -0.4 is 9.62 Å². The molecule has 0 unspecified atom stereocenters. The Hall–Kier alpha value is -3.43. The number of hydrogen-bond acceptors (Lipinski definition) is 4. The first kappa shape index (κ1) is 26.2. The van der Waals surface area contributed by atoms with Crippen LogP contribution in [-0.2, 0) is 26.2 Å². The van der Waals surface area contributed by atoms with Crippen molar-refractivity contribution in [2.45, 2.75) is 24.4 Å². The van der Waals surface area contributed by atoms with Crippen LogP contribution in [0.5, 0.6) is 0 Å². The molecule has 0 spiro atoms. The van der Waals surface area contributed by atoms with Crippen molar-refractivity contribution in [3.8, 4) is 0 Å². The molecule has 0 saturated heterocycles. The highest BCUT2D eigenvalue weighted by Crippen LogP contribution is 2.25. The highest BCUT2D eigenvalue weighted by atomic mass is 35.5. The van der Waals surface area contributed by atoms with Crippen LogP contribution in [0.3, 0.4) is 0 Å². The van der Waals surface area contributed by atoms with E-state index in [-0.39, 0.29) is 22.7 Å². The van der Waals surface area contributed by atoms with E-state index in [4.69, 9.17) is 11.6 Å². The Labute approximate surface area is 209 Å². The fourth-order valence-electron chi connectivity index (χ4n) is 3.46. The zero-order chi connectivity index (χ0) is 25.6. The first-order valence-corrected chi connectivity index (χ1v) is 12.5. The molecule has 1 atom stereocenters. The van der Waals surface area contributed by atoms with Gasteiger partial charge >= 0.3 is 0 Å². The molecule has 0 aliphatic carbocycles. The predicted octanol–water partition coefficient (Wildman–Crippen LogP) is 3.84. The van der Waals surface area contributed by atoms with Crippen molar-refractivity contribution in [1.82, 2.24) is 10.2 Å². The summed E-state index contributed by atoms with van der Waals surface area (Å²) in [5.74, 6) is -1.68. The Morgan fingerprint density at radius 3 is 2.17 bits per heavy atom. The van der Waals surface area contributed by atoms with Gasteiger partial charge in [0.15, 0.2) is 0 Å². The van der Waals surface area contributed by atoms with Gasteiger partial charge < -0.3 is 10.2 Å². The molecular weight excluding hydrogens is 493 g/mol. The van der Waals surface area contributed by atoms with Crippen molar-refractivity contribution < 1.29 is 22.4 Å². The van der Waals surface area contributed by atoms with E-state index < -0.39 is 40.2 Å². The maximum Gasteiger partial charge on any atom is 0.264 e. The minimum absolute atomic E-state index is 0.0569. The number of halogens is 2. The van der Waals surface area contributed by atoms with Gasteiger partial charge in [-0.25, -0.2) is 12.8 Å². The van der Waals surface area contributed by atoms with Crippen LogP contribution in [0.1, 0.15) is 12.5 Å². The first-order chi connectivity index (χ1) is 16.6. The van der Waals surface area contributed by atoms with Crippen LogP contribution in [0, 0.1) is 5.82 Å². The van der Waals surface area contributed by atoms with Crippen molar-refractivity contribution >= 4 is 39.1 Å². The number of rotatable bonds is 9. The van der Waals surface area contributed by atoms with Gasteiger partial charge in [0.2, 0.25) is 11.8 Å². The van der Waals surface area contributed by atoms with Crippen molar-refractivity contribution in [3.63, 3.8) is 0 Å². The molecule has 0 aliphatic rings. The molecule has 0 fully saturated rings. The second kappa shape index (κ2) is 11.3. The number of anilines is 1. The molecule has 184 valence electrons. The zero-order valence-corrected chi connectivity index (χ0v) is 20.8. The van der Waals surface area contributed by atoms with Gasteiger partial charge in [0, 0.05) is 24.2 Å². The second-order valence-corrected chi connectivity index (χ2v) is 10.0. The Balaban J connectivity index is 2.01. The number of carbonyl (C=O) groups is 2. The van der Waals surface area contributed by atoms with E-state index in [1.165, 1.54) is 56.4 Å². The highest BCUT2D eigenvalue weighted by molar-refractivity contribution is 7.92. The summed E-state index contributed by atoms with van der Waals surface area (Å²) in [6.07, 6.45) is 0. The van der Waals surface area contributed by atoms with E-state index in [1.54, 1.807) is 36.4 Å². The number of amides is 2. The Morgan fingerprint density at radius 1 is 0.971 bits per heavy atom. The molecule has 3 aromatic carbocycles. The van der Waals surface area contributed by atoms with Crippen LogP contribution in [0.2, 0.25) is 5.02 Å². The first-order valence-electron chi connectivity index (χ1n) is 10.7. The quantitative estimate of drug-likeness (QED) is 0.467. The Morgan fingerprint density at radius 2 is 1.57 bits per heavy atom. The van der Waals surface area contributed by atoms with E-state index in [2.05, 4.69) is 5.32 Å². The molecule has 3 aromatic rings. The molecule has 7 nitrogen and oxygen atoms in total. The number of carbonyl (C=O) groups excluding carboxylic acids is 2. The lowest BCUT2D eigenvalue weighted by Gasteiger charge is -2.31. The van der Waals surface area contributed by atoms with E-state index in [0.29, 0.717) is 5.02 Å². The molecule has 3 rings (SSSR count). The van der Waals surface area contributed by atoms with Gasteiger partial charge in [-0.3, -0.25) is 13.9 Å². The van der Waals surface area contributed by atoms with Gasteiger partial charge in [0.05, 0.1) is 10.6 Å². The summed E-state index contributed by atoms with van der Waals surface area (Å²) >= 11 is 5.91. The highest BCUT2D eigenvalue weighted by Gasteiger charge is 2.32. The Bertz CT molecular complexity index is 1290. The van der Waals surface area contributed by atoms with Gasteiger partial charge in [-0.1, -0.05) is 48.0 Å². The van der Waals surface area contributed by atoms with E-state index in [9.17, 15) is 22.4 Å². The van der Waals surface area contributed by atoms with Crippen LogP contribution in [0.15, 0.2) is 83.8 Å². The summed E-state index contributed by atoms with van der Waals surface area (Å²) < 4.78 is 42.4. The standard InChI is InChI=1S/C25H25ClFN3O4S/c1-18(25(32)28-2)29(16-19-8-6-7-11-23(19)27)24(31)17-30(21-9-4-3-5-10-21)35(33,34)22-14-12-20(26)13-15-22/h3-15,18H,16-17H2,1-2H3,(H,28,32)/t18-/m0/s1. The normalized spacial score (nSPS) is 12.0. The number of likely N-dealkylation sites (N-methyl/N-ethyl adjacent to an activating group) is 1. The maximum atomic E-state index is 14.4. The monoisotopic (exact) mass is 517 g/mol. The summed E-state index contributed by atoms with van der Waals surface area (Å²) in [5.41, 5.74) is 0.456. The van der Waals surface area contributed by atoms with E-state index in [1.807, 2.05) is 0 Å². The smallest absolute Gasteiger partial charge is 0.264 e. The summed E-state index contributed by atoms with van der Waals surface area (Å²) in [6.45, 7) is 0.673. The summed E-state index contributed by atoms with van der Waals surface area (Å²) in [5, 5.41) is 2.84. The fraction of sp³-hybridized carbons (Fsp3) is 0.200. The van der Waals surface area contributed by atoms with Gasteiger partial charge in [0.1, 0.15) is 18.4 Å². The third-order valence-electron chi connectivity index (χ3n) is 5.44. The average molecular weight is 518 g/mol. The maximum absolute atomic E-state index is 14.4. The van der Waals surface area contributed by atoms with E-state index in [0.717, 1.165) is 9.21 Å². The molecule has 2 amide bonds. The molecule has 0 saturated carbocycles. The van der Waals surface area contributed by atoms with Gasteiger partial charge in [-0.05, 0) is 49.4 Å². The summed E-state index contributed by atoms with van der Waals surface area (Å²) in [6, 6.07) is 18.6. The number of sulfonamides is 1. The number of nitrogens with one attached hydrogen (secondary N) is 1. The molecule has 0 bridgehead atoms. The lowest BCUT2D eigenvalue weighted by Crippen LogP contribution is -2.50. The van der Waals surface area contributed by atoms with Gasteiger partial charge in [-0.15, -0.1) is 0 Å². The van der Waals surface area contributed by atoms with Crippen LogP contribution in [0.25, 0.3) is 0 Å². The van der Waals surface area contributed by atoms with Crippen molar-refractivity contribution in [2.75, 3.05) is 17.9 Å². The molecule has 0 aliphatic heterocycles. The molecule has 35 heavy (non-hydrogen) atoms. The predicted molar refractivity (Wildman–Crippen MR) is 133 cm³/mol. The molecular formula is C25H25ClFN3O4S. The topological polar surface area (TPSA) is 86.8 Å². The third kappa shape index (κ3) is 6.17. The van der Waals surface area contributed by atoms with Crippen molar-refractivity contribution in [1.29, 1.82) is 0 Å². The molecule has 1 N–H and O–H groups in total. The fourth-order valence-corrected chi connectivity index (χ4v) is 5.00. The third-order valence-corrected chi connectivity index (χ3v) is 7.48. The van der Waals surface area contributed by atoms with Crippen molar-refractivity contribution in [2.24, 2.45) is 0 Å². The lowest BCUT2D eigenvalue weighted by molar-refractivity contribution is -0.139. The minimum Gasteiger partial charge on any atom is -0.357 e. The second-order valence-electron chi connectivity index (χ2n) is 7.70. The number of benzene rings is 3. The van der Waals surface area contributed by atoms with Gasteiger partial charge in [0.25, 0.3) is 10.0 Å². The van der Waals surface area contributed by atoms with Crippen LogP contribution in [-0.4, -0.2) is 44.8 Å². The van der Waals surface area contributed by atoms with Gasteiger partial charge in [-0.2, -0.15) is 0 Å². The van der Waals surface area contributed by atoms with Crippen LogP contribution >= 0.6 is 11.6 Å². The molecule has 0 heterocycles. The summed E-state index contributed by atoms with van der Waals surface area (Å²) in [4.78, 5) is 27.0. The number of hydrogen-bond donors (Lipinski definition) is 1. The SMILES string of the molecule is CNC(=O)[C@H](C)N(Cc1ccccc1F)C(=O)CN(c1ccccc1)S(=O)(=O)c1ccc(Cl)cc1. The number of para-hydroxylation sites is 1. The minimum atomic E-state index is -4.18. The van der Waals surface area contributed by atoms with Crippen molar-refractivity contribution in [3.05, 3.63) is 95.3 Å². The zero-order valence-electron chi connectivity index (χ0n) is 19.2.